The number of benzene rings is 2. The summed E-state index contributed by atoms with van der Waals surface area (Å²) in [6.07, 6.45) is 0.787. The number of amides is 2. The standard InChI is InChI=1S/C26H35ClN2O4/c1-6-32-23-13-11-20(16-24(23)33-7-2)12-14-25(30)29(19(5)26(31)28-18(3)4)17-21-9-8-10-22(27)15-21/h8-11,13,15-16,18-19H,6-7,12,14,17H2,1-5H3,(H,28,31)/t19-/m0/s1. The van der Waals surface area contributed by atoms with Crippen LogP contribution in [-0.4, -0.2) is 42.0 Å². The summed E-state index contributed by atoms with van der Waals surface area (Å²) >= 11 is 6.13. The number of hydrogen-bond acceptors (Lipinski definition) is 4. The first-order valence-electron chi connectivity index (χ1n) is 11.5. The van der Waals surface area contributed by atoms with Crippen LogP contribution in [0.2, 0.25) is 5.02 Å². The predicted octanol–water partition coefficient (Wildman–Crippen LogP) is 5.01. The number of carbonyl (C=O) groups excluding carboxylic acids is 2. The maximum atomic E-state index is 13.3. The molecule has 0 saturated carbocycles. The first kappa shape index (κ1) is 26.5. The van der Waals surface area contributed by atoms with Gasteiger partial charge in [-0.05, 0) is 76.4 Å². The van der Waals surface area contributed by atoms with Crippen LogP contribution >= 0.6 is 11.6 Å². The van der Waals surface area contributed by atoms with Gasteiger partial charge in [0.05, 0.1) is 13.2 Å². The number of ether oxygens (including phenoxy) is 2. The van der Waals surface area contributed by atoms with E-state index in [1.54, 1.807) is 17.9 Å². The molecule has 0 aliphatic carbocycles. The van der Waals surface area contributed by atoms with E-state index >= 15 is 0 Å². The topological polar surface area (TPSA) is 67.9 Å². The Balaban J connectivity index is 2.18. The zero-order valence-electron chi connectivity index (χ0n) is 20.2. The molecule has 180 valence electrons. The number of nitrogens with one attached hydrogen (secondary N) is 1. The highest BCUT2D eigenvalue weighted by atomic mass is 35.5. The number of rotatable bonds is 12. The van der Waals surface area contributed by atoms with Crippen molar-refractivity contribution in [2.75, 3.05) is 13.2 Å². The molecule has 1 atom stereocenters. The number of nitrogens with zero attached hydrogens (tertiary/aromatic N) is 1. The monoisotopic (exact) mass is 474 g/mol. The molecule has 0 aliphatic rings. The molecule has 1 N–H and O–H groups in total. The maximum absolute atomic E-state index is 13.3. The predicted molar refractivity (Wildman–Crippen MR) is 132 cm³/mol. The highest BCUT2D eigenvalue weighted by molar-refractivity contribution is 6.30. The van der Waals surface area contributed by atoms with Crippen LogP contribution < -0.4 is 14.8 Å². The average molecular weight is 475 g/mol. The molecule has 33 heavy (non-hydrogen) atoms. The molecule has 7 heteroatoms. The van der Waals surface area contributed by atoms with Crippen molar-refractivity contribution < 1.29 is 19.1 Å². The van der Waals surface area contributed by atoms with Crippen LogP contribution in [0.3, 0.4) is 0 Å². The molecular formula is C26H35ClN2O4. The lowest BCUT2D eigenvalue weighted by Gasteiger charge is -2.29. The number of hydrogen-bond donors (Lipinski definition) is 1. The van der Waals surface area contributed by atoms with Gasteiger partial charge in [-0.2, -0.15) is 0 Å². The lowest BCUT2D eigenvalue weighted by molar-refractivity contribution is -0.140. The lowest BCUT2D eigenvalue weighted by Crippen LogP contribution is -2.49. The molecule has 6 nitrogen and oxygen atoms in total. The highest BCUT2D eigenvalue weighted by Crippen LogP contribution is 2.29. The molecule has 0 heterocycles. The Hall–Kier alpha value is -2.73. The van der Waals surface area contributed by atoms with Crippen LogP contribution in [0.25, 0.3) is 0 Å². The van der Waals surface area contributed by atoms with Gasteiger partial charge in [0.2, 0.25) is 11.8 Å². The summed E-state index contributed by atoms with van der Waals surface area (Å²) in [5.74, 6) is 1.08. The van der Waals surface area contributed by atoms with Crippen molar-refractivity contribution in [1.82, 2.24) is 10.2 Å². The second kappa shape index (κ2) is 13.1. The van der Waals surface area contributed by atoms with E-state index in [0.29, 0.717) is 42.7 Å². The molecule has 0 unspecified atom stereocenters. The summed E-state index contributed by atoms with van der Waals surface area (Å²) < 4.78 is 11.3. The van der Waals surface area contributed by atoms with E-state index in [0.717, 1.165) is 11.1 Å². The van der Waals surface area contributed by atoms with Gasteiger partial charge >= 0.3 is 0 Å². The van der Waals surface area contributed by atoms with Crippen molar-refractivity contribution in [1.29, 1.82) is 0 Å². The molecular weight excluding hydrogens is 440 g/mol. The zero-order chi connectivity index (χ0) is 24.4. The van der Waals surface area contributed by atoms with Crippen molar-refractivity contribution >= 4 is 23.4 Å². The number of aryl methyl sites for hydroxylation is 1. The molecule has 2 aromatic rings. The summed E-state index contributed by atoms with van der Waals surface area (Å²) in [5, 5.41) is 3.49. The molecule has 0 fully saturated rings. The van der Waals surface area contributed by atoms with E-state index in [1.807, 2.05) is 64.1 Å². The van der Waals surface area contributed by atoms with Crippen molar-refractivity contribution in [3.8, 4) is 11.5 Å². The second-order valence-corrected chi connectivity index (χ2v) is 8.57. The summed E-state index contributed by atoms with van der Waals surface area (Å²) in [7, 11) is 0. The molecule has 0 bridgehead atoms. The van der Waals surface area contributed by atoms with E-state index < -0.39 is 6.04 Å². The molecule has 0 radical (unpaired) electrons. The van der Waals surface area contributed by atoms with Crippen molar-refractivity contribution in [2.24, 2.45) is 0 Å². The SMILES string of the molecule is CCOc1ccc(CCC(=O)N(Cc2cccc(Cl)c2)[C@@H](C)C(=O)NC(C)C)cc1OCC. The number of halogens is 1. The lowest BCUT2D eigenvalue weighted by atomic mass is 10.1. The molecule has 2 aromatic carbocycles. The van der Waals surface area contributed by atoms with Gasteiger partial charge in [0.1, 0.15) is 6.04 Å². The molecule has 0 aromatic heterocycles. The van der Waals surface area contributed by atoms with Gasteiger partial charge in [-0.25, -0.2) is 0 Å². The largest absolute Gasteiger partial charge is 0.490 e. The normalized spacial score (nSPS) is 11.7. The maximum Gasteiger partial charge on any atom is 0.242 e. The first-order valence-corrected chi connectivity index (χ1v) is 11.9. The summed E-state index contributed by atoms with van der Waals surface area (Å²) in [4.78, 5) is 27.6. The van der Waals surface area contributed by atoms with Crippen LogP contribution in [0.15, 0.2) is 42.5 Å². The third-order valence-corrected chi connectivity index (χ3v) is 5.31. The quantitative estimate of drug-likeness (QED) is 0.469. The molecule has 0 aliphatic heterocycles. The van der Waals surface area contributed by atoms with Crippen LogP contribution in [-0.2, 0) is 22.6 Å². The van der Waals surface area contributed by atoms with Gasteiger partial charge in [0.25, 0.3) is 0 Å². The Morgan fingerprint density at radius 1 is 0.970 bits per heavy atom. The molecule has 0 saturated heterocycles. The van der Waals surface area contributed by atoms with Gasteiger partial charge in [0.15, 0.2) is 11.5 Å². The van der Waals surface area contributed by atoms with E-state index in [4.69, 9.17) is 21.1 Å². The Bertz CT molecular complexity index is 932. The average Bonchev–Trinajstić information content (AvgIpc) is 2.76. The molecule has 2 amide bonds. The summed E-state index contributed by atoms with van der Waals surface area (Å²) in [6.45, 7) is 10.8. The fourth-order valence-electron chi connectivity index (χ4n) is 3.47. The smallest absolute Gasteiger partial charge is 0.242 e. The fourth-order valence-corrected chi connectivity index (χ4v) is 3.68. The van der Waals surface area contributed by atoms with Gasteiger partial charge in [-0.1, -0.05) is 29.8 Å². The van der Waals surface area contributed by atoms with E-state index in [2.05, 4.69) is 5.32 Å². The Morgan fingerprint density at radius 2 is 1.67 bits per heavy atom. The third kappa shape index (κ3) is 8.28. The van der Waals surface area contributed by atoms with Gasteiger partial charge in [0, 0.05) is 24.0 Å². The van der Waals surface area contributed by atoms with Crippen LogP contribution in [0.4, 0.5) is 0 Å². The highest BCUT2D eigenvalue weighted by Gasteiger charge is 2.26. The summed E-state index contributed by atoms with van der Waals surface area (Å²) in [5.41, 5.74) is 1.84. The number of carbonyl (C=O) groups is 2. The Labute approximate surface area is 202 Å². The summed E-state index contributed by atoms with van der Waals surface area (Å²) in [6, 6.07) is 12.5. The molecule has 0 spiro atoms. The molecule has 2 rings (SSSR count). The van der Waals surface area contributed by atoms with E-state index in [9.17, 15) is 9.59 Å². The van der Waals surface area contributed by atoms with E-state index in [-0.39, 0.29) is 24.3 Å². The van der Waals surface area contributed by atoms with Crippen molar-refractivity contribution in [2.45, 2.75) is 66.1 Å². The fraction of sp³-hybridized carbons (Fsp3) is 0.462. The van der Waals surface area contributed by atoms with Crippen molar-refractivity contribution in [3.05, 3.63) is 58.6 Å². The zero-order valence-corrected chi connectivity index (χ0v) is 20.9. The van der Waals surface area contributed by atoms with Gasteiger partial charge in [-0.15, -0.1) is 0 Å². The first-order chi connectivity index (χ1) is 15.7. The third-order valence-electron chi connectivity index (χ3n) is 5.08. The van der Waals surface area contributed by atoms with Crippen molar-refractivity contribution in [3.63, 3.8) is 0 Å². The van der Waals surface area contributed by atoms with Crippen LogP contribution in [0.1, 0.15) is 52.2 Å². The van der Waals surface area contributed by atoms with Gasteiger partial charge in [-0.3, -0.25) is 9.59 Å². The second-order valence-electron chi connectivity index (χ2n) is 8.14. The Morgan fingerprint density at radius 3 is 2.30 bits per heavy atom. The minimum absolute atomic E-state index is 0.0103. The van der Waals surface area contributed by atoms with Crippen LogP contribution in [0, 0.1) is 0 Å². The minimum Gasteiger partial charge on any atom is -0.490 e. The van der Waals surface area contributed by atoms with Gasteiger partial charge < -0.3 is 19.7 Å². The minimum atomic E-state index is -0.613. The Kier molecular flexibility index (Phi) is 10.5. The van der Waals surface area contributed by atoms with Crippen LogP contribution in [0.5, 0.6) is 11.5 Å². The van der Waals surface area contributed by atoms with E-state index in [1.165, 1.54) is 0 Å².